The fraction of sp³-hybridized carbons (Fsp3) is 0.594. The minimum Gasteiger partial charge on any atom is -0.394 e. The lowest BCUT2D eigenvalue weighted by atomic mass is 10.00. The highest BCUT2D eigenvalue weighted by atomic mass is 16.3. The van der Waals surface area contributed by atoms with E-state index in [1.54, 1.807) is 24.4 Å². The maximum absolute atomic E-state index is 15.0. The van der Waals surface area contributed by atoms with Gasteiger partial charge in [-0.25, -0.2) is 15.2 Å². The molecule has 552 valence electrons. The zero-order chi connectivity index (χ0) is 73.1. The van der Waals surface area contributed by atoms with Crippen LogP contribution in [0.25, 0.3) is 10.9 Å². The van der Waals surface area contributed by atoms with Gasteiger partial charge in [-0.2, -0.15) is 9.97 Å². The Bertz CT molecular complexity index is 3580. The van der Waals surface area contributed by atoms with Crippen LogP contribution in [0.4, 0.5) is 23.8 Å². The van der Waals surface area contributed by atoms with E-state index in [-0.39, 0.29) is 119 Å². The molecule has 2 aliphatic rings. The third-order valence-electron chi connectivity index (χ3n) is 17.2. The van der Waals surface area contributed by atoms with Crippen LogP contribution in [0.2, 0.25) is 0 Å². The van der Waals surface area contributed by atoms with E-state index in [1.165, 1.54) is 24.3 Å². The van der Waals surface area contributed by atoms with Crippen molar-refractivity contribution in [3.63, 3.8) is 0 Å². The van der Waals surface area contributed by atoms with Crippen LogP contribution >= 0.6 is 0 Å². The molecule has 2 aliphatic heterocycles. The van der Waals surface area contributed by atoms with E-state index < -0.39 is 126 Å². The maximum Gasteiger partial charge on any atom is 0.245 e. The lowest BCUT2D eigenvalue weighted by molar-refractivity contribution is -0.142. The zero-order valence-electron chi connectivity index (χ0n) is 57.7. The summed E-state index contributed by atoms with van der Waals surface area (Å²) in [4.78, 5) is 174. The van der Waals surface area contributed by atoms with Crippen LogP contribution in [-0.4, -0.2) is 220 Å². The lowest BCUT2D eigenvalue weighted by Crippen LogP contribution is -2.61. The van der Waals surface area contributed by atoms with Gasteiger partial charge in [-0.3, -0.25) is 52.7 Å². The van der Waals surface area contributed by atoms with Crippen molar-refractivity contribution in [3.8, 4) is 0 Å². The number of nitrogen functional groups attached to an aromatic ring is 2. The number of para-hydroxylation sites is 1. The Morgan fingerprint density at radius 1 is 0.624 bits per heavy atom. The summed E-state index contributed by atoms with van der Waals surface area (Å²) in [6.45, 7) is 9.46. The number of carbonyl (C=O) groups excluding carboxylic acids is 11. The Kier molecular flexibility index (Phi) is 29.9. The minimum absolute atomic E-state index is 0.0312. The number of aromatic amines is 4. The van der Waals surface area contributed by atoms with Gasteiger partial charge >= 0.3 is 0 Å². The van der Waals surface area contributed by atoms with Crippen molar-refractivity contribution in [2.24, 2.45) is 11.7 Å². The van der Waals surface area contributed by atoms with Gasteiger partial charge in [0.15, 0.2) is 0 Å². The number of nitrogens with zero attached hydrogens (tertiary/aromatic N) is 6. The molecule has 0 saturated carbocycles. The molecule has 0 aliphatic carbocycles. The first-order valence-electron chi connectivity index (χ1n) is 34.4. The van der Waals surface area contributed by atoms with Gasteiger partial charge in [-0.05, 0) is 114 Å². The largest absolute Gasteiger partial charge is 0.394 e. The number of nitrogens with one attached hydrogen (secondary N) is 16. The molecule has 37 heteroatoms. The molecule has 0 unspecified atom stereocenters. The number of benzene rings is 1. The first kappa shape index (κ1) is 77.9. The molecule has 1 aromatic carbocycles. The number of H-pyrrole nitrogens is 4. The number of fused-ring (bicyclic) bond motifs is 1. The second kappa shape index (κ2) is 38.8. The van der Waals surface area contributed by atoms with Crippen LogP contribution in [0.3, 0.4) is 0 Å². The fourth-order valence-electron chi connectivity index (χ4n) is 11.8. The second-order valence-electron chi connectivity index (χ2n) is 26.1. The molecule has 0 bridgehead atoms. The molecule has 23 N–H and O–H groups in total. The van der Waals surface area contributed by atoms with Gasteiger partial charge in [0.25, 0.3) is 0 Å². The van der Waals surface area contributed by atoms with Crippen LogP contribution in [0.1, 0.15) is 136 Å². The summed E-state index contributed by atoms with van der Waals surface area (Å²) in [6, 6.07) is -5.35. The number of anilines is 4. The van der Waals surface area contributed by atoms with Gasteiger partial charge in [-0.15, -0.1) is 10.2 Å². The van der Waals surface area contributed by atoms with Crippen molar-refractivity contribution in [1.29, 1.82) is 0 Å². The fourth-order valence-corrected chi connectivity index (χ4v) is 11.8. The summed E-state index contributed by atoms with van der Waals surface area (Å²) in [6.07, 6.45) is 7.74. The predicted molar refractivity (Wildman–Crippen MR) is 370 cm³/mol. The van der Waals surface area contributed by atoms with Crippen molar-refractivity contribution < 1.29 is 57.8 Å². The van der Waals surface area contributed by atoms with Crippen LogP contribution in [0, 0.1) is 5.92 Å². The number of amides is 11. The number of unbranched alkanes of at least 4 members (excludes halogenated alkanes) is 3. The Morgan fingerprint density at radius 3 is 1.72 bits per heavy atom. The van der Waals surface area contributed by atoms with E-state index in [1.807, 2.05) is 33.8 Å². The predicted octanol–water partition coefficient (Wildman–Crippen LogP) is -2.50. The maximum atomic E-state index is 15.0. The highest BCUT2D eigenvalue weighted by Gasteiger charge is 2.40. The monoisotopic (exact) mass is 1410 g/mol. The Morgan fingerprint density at radius 2 is 1.17 bits per heavy atom. The summed E-state index contributed by atoms with van der Waals surface area (Å²) in [5.41, 5.74) is 18.6. The summed E-state index contributed by atoms with van der Waals surface area (Å²) in [5, 5.41) is 58.5. The third kappa shape index (κ3) is 24.4. The Balaban J connectivity index is 1.13. The number of aromatic nitrogens is 9. The number of aliphatic hydroxyl groups excluding tert-OH is 1. The van der Waals surface area contributed by atoms with Crippen LogP contribution in [-0.2, 0) is 65.6 Å². The number of aliphatic hydroxyl groups is 1. The smallest absolute Gasteiger partial charge is 0.245 e. The minimum atomic E-state index is -1.77. The van der Waals surface area contributed by atoms with Crippen molar-refractivity contribution >= 4 is 99.7 Å². The second-order valence-corrected chi connectivity index (χ2v) is 26.1. The standard InChI is InChI=1S/C64H99N25O12/c1-34(2)27-45(55(96)78-44(19-10-11-23-69-35(3)4)60(101)89-26-14-20-49(89)59(100)74-36(5)51(65)92)79-53(94)42(18-9-13-25-71-64-84-62(67)86-88-64)76-52(93)41(17-8-12-24-70-63-83-61(66)85-87-63)77-58(99)48(32-90)82-56(97)46(28-37-30-72-40-16-7-6-15-39(37)40)80-57(98)47(29-38-31-68-33-73-38)81-54(95)43-21-22-50(91)75-43/h6-7,15-16,30-31,33-36,41-49,69,72,90H,8-14,17-29,32H2,1-5H3,(H2,65,92)(H,68,73)(H,74,100)(H,75,91)(H,76,93)(H,77,99)(H,78,96)(H,79,94)(H,80,98)(H,81,95)(H,82,97)(H4,66,70,83,85,87)(H4,67,71,84,86,88)/t36-,41+,42-,43+,44+,45+,46+,47+,48+,49+/m1/s1. The normalized spacial score (nSPS) is 16.8. The van der Waals surface area contributed by atoms with Crippen LogP contribution < -0.4 is 81.0 Å². The van der Waals surface area contributed by atoms with E-state index in [4.69, 9.17) is 17.2 Å². The number of primary amides is 1. The molecule has 4 aromatic heterocycles. The molecule has 0 spiro atoms. The molecule has 6 heterocycles. The van der Waals surface area contributed by atoms with Gasteiger partial charge in [0.05, 0.1) is 12.9 Å². The van der Waals surface area contributed by atoms with Gasteiger partial charge in [0.1, 0.15) is 60.4 Å². The Hall–Kier alpha value is -10.5. The molecule has 2 fully saturated rings. The molecular formula is C64H99N25O12. The first-order chi connectivity index (χ1) is 48.3. The summed E-state index contributed by atoms with van der Waals surface area (Å²) in [7, 11) is 0. The average Bonchev–Trinajstić information content (AvgIpc) is 1.76. The molecule has 0 radical (unpaired) electrons. The van der Waals surface area contributed by atoms with E-state index in [9.17, 15) is 53.1 Å². The molecule has 7 rings (SSSR count). The first-order valence-corrected chi connectivity index (χ1v) is 34.4. The Labute approximate surface area is 583 Å². The van der Waals surface area contributed by atoms with Crippen LogP contribution in [0.5, 0.6) is 0 Å². The number of nitrogens with two attached hydrogens (primary N) is 3. The van der Waals surface area contributed by atoms with Gasteiger partial charge in [0, 0.05) is 73.9 Å². The molecular weight excluding hydrogens is 1310 g/mol. The number of imidazole rings is 1. The van der Waals surface area contributed by atoms with E-state index >= 15 is 4.79 Å². The topological polar surface area (TPSA) is 561 Å². The summed E-state index contributed by atoms with van der Waals surface area (Å²) < 4.78 is 0. The van der Waals surface area contributed by atoms with Crippen molar-refractivity contribution in [1.82, 2.24) is 103 Å². The van der Waals surface area contributed by atoms with Crippen molar-refractivity contribution in [2.75, 3.05) is 54.9 Å². The number of hydrogen-bond donors (Lipinski definition) is 20. The van der Waals surface area contributed by atoms with Gasteiger partial charge < -0.3 is 101 Å². The van der Waals surface area contributed by atoms with E-state index in [0.29, 0.717) is 73.8 Å². The lowest BCUT2D eigenvalue weighted by Gasteiger charge is -2.31. The van der Waals surface area contributed by atoms with Gasteiger partial charge in [0.2, 0.25) is 88.8 Å². The van der Waals surface area contributed by atoms with E-state index in [2.05, 4.69) is 109 Å². The molecule has 11 amide bonds. The molecule has 10 atom stereocenters. The number of likely N-dealkylation sites (tertiary alicyclic amines) is 1. The number of rotatable bonds is 43. The van der Waals surface area contributed by atoms with Crippen molar-refractivity contribution in [2.45, 2.75) is 204 Å². The summed E-state index contributed by atoms with van der Waals surface area (Å²) >= 11 is 0. The summed E-state index contributed by atoms with van der Waals surface area (Å²) in [5.74, 6) is -7.66. The average molecular weight is 1410 g/mol. The molecule has 101 heavy (non-hydrogen) atoms. The third-order valence-corrected chi connectivity index (χ3v) is 17.2. The van der Waals surface area contributed by atoms with Crippen molar-refractivity contribution in [3.05, 3.63) is 54.2 Å². The number of hydrogen-bond acceptors (Lipinski definition) is 22. The van der Waals surface area contributed by atoms with Crippen LogP contribution in [0.15, 0.2) is 43.0 Å². The number of carbonyl (C=O) groups is 11. The SMILES string of the molecule is CC(C)C[C@H](NC(=O)[C@@H](CCCCNc1n[nH]c(N)n1)NC(=O)[C@H](CCCCNc1n[nH]c(N)n1)NC(=O)[C@H](CO)NC(=O)[C@H](Cc1c[nH]c2ccccc12)NC(=O)[C@H](Cc1cnc[nH]1)NC(=O)[C@@H]1CCC(=O)N1)C(=O)N[C@@H](CCCCNC(C)C)C(=O)N1CCC[C@H]1C(=O)N[C@H](C)C(N)=O. The highest BCUT2D eigenvalue weighted by Crippen LogP contribution is 2.23. The quantitative estimate of drug-likeness (QED) is 0.0179. The molecule has 5 aromatic rings. The highest BCUT2D eigenvalue weighted by molar-refractivity contribution is 6.00. The zero-order valence-corrected chi connectivity index (χ0v) is 57.7. The molecule has 37 nitrogen and oxygen atoms in total. The van der Waals surface area contributed by atoms with E-state index in [0.717, 1.165) is 0 Å². The van der Waals surface area contributed by atoms with Gasteiger partial charge in [-0.1, -0.05) is 45.9 Å². The molecule has 2 saturated heterocycles.